The van der Waals surface area contributed by atoms with Crippen LogP contribution in [-0.4, -0.2) is 46.0 Å². The van der Waals surface area contributed by atoms with Gasteiger partial charge in [0.15, 0.2) is 17.5 Å². The van der Waals surface area contributed by atoms with Gasteiger partial charge in [-0.25, -0.2) is 0 Å². The number of phenols is 1. The molecule has 0 fully saturated rings. The maximum Gasteiger partial charge on any atom is 0.191 e. The number of nitrogens with zero attached hydrogens (tertiary/aromatic N) is 1. The van der Waals surface area contributed by atoms with Crippen molar-refractivity contribution in [3.05, 3.63) is 47.5 Å². The Hall–Kier alpha value is -2.36. The number of rotatable bonds is 8. The number of nitrogens with one attached hydrogen (secondary N) is 2. The van der Waals surface area contributed by atoms with Crippen LogP contribution in [0.2, 0.25) is 0 Å². The Bertz CT molecular complexity index is 784. The lowest BCUT2D eigenvalue weighted by molar-refractivity contribution is 0.354. The summed E-state index contributed by atoms with van der Waals surface area (Å²) < 4.78 is 15.8. The third-order valence-electron chi connectivity index (χ3n) is 4.11. The third kappa shape index (κ3) is 6.66. The molecular formula is C20H28IN3O4. The summed E-state index contributed by atoms with van der Waals surface area (Å²) in [5.41, 5.74) is 1.86. The highest BCUT2D eigenvalue weighted by molar-refractivity contribution is 14.0. The minimum absolute atomic E-state index is 0. The standard InChI is InChI=1S/C20H27N3O4.HI/c1-21-20(23-13-15-12-16(25-2)6-7-17(15)24)22-10-9-14-5-8-18(26-3)19(11-14)27-4;/h5-8,11-12,24H,9-10,13H2,1-4H3,(H2,21,22,23);1H. The van der Waals surface area contributed by atoms with Gasteiger partial charge in [-0.2, -0.15) is 0 Å². The Morgan fingerprint density at radius 3 is 2.36 bits per heavy atom. The molecule has 0 bridgehead atoms. The number of aromatic hydroxyl groups is 1. The number of hydrogen-bond donors (Lipinski definition) is 3. The molecule has 0 aliphatic rings. The van der Waals surface area contributed by atoms with Crippen LogP contribution in [0.15, 0.2) is 41.4 Å². The Morgan fingerprint density at radius 2 is 1.71 bits per heavy atom. The van der Waals surface area contributed by atoms with Gasteiger partial charge in [0, 0.05) is 25.7 Å². The average molecular weight is 501 g/mol. The van der Waals surface area contributed by atoms with Crippen molar-refractivity contribution in [3.8, 4) is 23.0 Å². The Balaban J connectivity index is 0.00000392. The lowest BCUT2D eigenvalue weighted by Gasteiger charge is -2.14. The Labute approximate surface area is 183 Å². The first-order valence-electron chi connectivity index (χ1n) is 8.62. The van der Waals surface area contributed by atoms with E-state index in [1.165, 1.54) is 0 Å². The zero-order valence-electron chi connectivity index (χ0n) is 16.6. The highest BCUT2D eigenvalue weighted by atomic mass is 127. The molecule has 2 aromatic carbocycles. The molecule has 0 saturated carbocycles. The van der Waals surface area contributed by atoms with Gasteiger partial charge in [0.05, 0.1) is 21.3 Å². The van der Waals surface area contributed by atoms with Crippen molar-refractivity contribution in [2.45, 2.75) is 13.0 Å². The minimum Gasteiger partial charge on any atom is -0.508 e. The van der Waals surface area contributed by atoms with Gasteiger partial charge in [-0.3, -0.25) is 4.99 Å². The Kier molecular flexibility index (Phi) is 10.3. The quantitative estimate of drug-likeness (QED) is 0.293. The number of aliphatic imine (C=N–C) groups is 1. The van der Waals surface area contributed by atoms with Crippen molar-refractivity contribution in [1.29, 1.82) is 0 Å². The molecule has 8 heteroatoms. The summed E-state index contributed by atoms with van der Waals surface area (Å²) in [6.07, 6.45) is 0.797. The zero-order chi connectivity index (χ0) is 19.6. The normalized spacial score (nSPS) is 10.6. The van der Waals surface area contributed by atoms with Gasteiger partial charge in [0.2, 0.25) is 0 Å². The van der Waals surface area contributed by atoms with Crippen LogP contribution in [0.5, 0.6) is 23.0 Å². The van der Waals surface area contributed by atoms with Gasteiger partial charge in [0.25, 0.3) is 0 Å². The number of methoxy groups -OCH3 is 3. The number of ether oxygens (including phenoxy) is 3. The summed E-state index contributed by atoms with van der Waals surface area (Å²) in [6, 6.07) is 11.0. The van der Waals surface area contributed by atoms with Gasteiger partial charge in [-0.15, -0.1) is 24.0 Å². The SMILES string of the molecule is CN=C(NCCc1ccc(OC)c(OC)c1)NCc1cc(OC)ccc1O.I. The smallest absolute Gasteiger partial charge is 0.191 e. The van der Waals surface area contributed by atoms with E-state index in [0.29, 0.717) is 36.3 Å². The van der Waals surface area contributed by atoms with E-state index in [1.807, 2.05) is 18.2 Å². The number of hydrogen-bond acceptors (Lipinski definition) is 5. The van der Waals surface area contributed by atoms with Crippen LogP contribution in [-0.2, 0) is 13.0 Å². The molecule has 0 amide bonds. The van der Waals surface area contributed by atoms with E-state index in [2.05, 4.69) is 15.6 Å². The number of halogens is 1. The predicted octanol–water partition coefficient (Wildman–Crippen LogP) is 2.94. The largest absolute Gasteiger partial charge is 0.508 e. The van der Waals surface area contributed by atoms with E-state index in [0.717, 1.165) is 17.5 Å². The monoisotopic (exact) mass is 501 g/mol. The third-order valence-corrected chi connectivity index (χ3v) is 4.11. The summed E-state index contributed by atoms with van der Waals surface area (Å²) in [5.74, 6) is 2.98. The molecule has 154 valence electrons. The maximum absolute atomic E-state index is 9.96. The first-order valence-corrected chi connectivity index (χ1v) is 8.62. The van der Waals surface area contributed by atoms with Gasteiger partial charge in [-0.05, 0) is 42.3 Å². The molecule has 0 atom stereocenters. The molecule has 3 N–H and O–H groups in total. The molecule has 2 aromatic rings. The second-order valence-electron chi connectivity index (χ2n) is 5.79. The molecule has 0 radical (unpaired) electrons. The van der Waals surface area contributed by atoms with Gasteiger partial charge in [0.1, 0.15) is 11.5 Å². The maximum atomic E-state index is 9.96. The lowest BCUT2D eigenvalue weighted by Crippen LogP contribution is -2.37. The van der Waals surface area contributed by atoms with Gasteiger partial charge >= 0.3 is 0 Å². The first-order chi connectivity index (χ1) is 13.1. The molecule has 2 rings (SSSR count). The van der Waals surface area contributed by atoms with E-state index < -0.39 is 0 Å². The van der Waals surface area contributed by atoms with Crippen molar-refractivity contribution in [2.24, 2.45) is 4.99 Å². The summed E-state index contributed by atoms with van der Waals surface area (Å²) >= 11 is 0. The van der Waals surface area contributed by atoms with Crippen LogP contribution in [0.3, 0.4) is 0 Å². The highest BCUT2D eigenvalue weighted by Crippen LogP contribution is 2.27. The van der Waals surface area contributed by atoms with Crippen LogP contribution in [0.25, 0.3) is 0 Å². The number of phenolic OH excluding ortho intramolecular Hbond substituents is 1. The predicted molar refractivity (Wildman–Crippen MR) is 122 cm³/mol. The van der Waals surface area contributed by atoms with Crippen molar-refractivity contribution >= 4 is 29.9 Å². The topological polar surface area (TPSA) is 84.3 Å². The number of guanidine groups is 1. The minimum atomic E-state index is 0. The van der Waals surface area contributed by atoms with Gasteiger partial charge in [-0.1, -0.05) is 6.07 Å². The van der Waals surface area contributed by atoms with Crippen LogP contribution in [0, 0.1) is 0 Å². The van der Waals surface area contributed by atoms with E-state index in [9.17, 15) is 5.11 Å². The highest BCUT2D eigenvalue weighted by Gasteiger charge is 2.07. The van der Waals surface area contributed by atoms with E-state index in [-0.39, 0.29) is 29.7 Å². The van der Waals surface area contributed by atoms with Crippen LogP contribution >= 0.6 is 24.0 Å². The fraction of sp³-hybridized carbons (Fsp3) is 0.350. The summed E-state index contributed by atoms with van der Waals surface area (Å²) in [6.45, 7) is 1.12. The van der Waals surface area contributed by atoms with E-state index in [4.69, 9.17) is 14.2 Å². The molecule has 0 aliphatic heterocycles. The first kappa shape index (κ1) is 23.7. The molecule has 0 aromatic heterocycles. The van der Waals surface area contributed by atoms with Crippen molar-refractivity contribution in [3.63, 3.8) is 0 Å². The summed E-state index contributed by atoms with van der Waals surface area (Å²) in [7, 11) is 6.55. The second kappa shape index (κ2) is 12.2. The molecule has 0 saturated heterocycles. The average Bonchev–Trinajstić information content (AvgIpc) is 2.71. The molecular weight excluding hydrogens is 473 g/mol. The summed E-state index contributed by atoms with van der Waals surface area (Å²) in [4.78, 5) is 4.20. The van der Waals surface area contributed by atoms with Crippen LogP contribution < -0.4 is 24.8 Å². The molecule has 7 nitrogen and oxygen atoms in total. The fourth-order valence-corrected chi connectivity index (χ4v) is 2.59. The van der Waals surface area contributed by atoms with Crippen LogP contribution in [0.4, 0.5) is 0 Å². The zero-order valence-corrected chi connectivity index (χ0v) is 18.9. The lowest BCUT2D eigenvalue weighted by atomic mass is 10.1. The van der Waals surface area contributed by atoms with Crippen LogP contribution in [0.1, 0.15) is 11.1 Å². The molecule has 0 heterocycles. The number of benzene rings is 2. The molecule has 28 heavy (non-hydrogen) atoms. The summed E-state index contributed by atoms with van der Waals surface area (Å²) in [5, 5.41) is 16.4. The molecule has 0 spiro atoms. The van der Waals surface area contributed by atoms with E-state index in [1.54, 1.807) is 46.6 Å². The van der Waals surface area contributed by atoms with E-state index >= 15 is 0 Å². The van der Waals surface area contributed by atoms with Crippen molar-refractivity contribution < 1.29 is 19.3 Å². The fourth-order valence-electron chi connectivity index (χ4n) is 2.59. The molecule has 0 unspecified atom stereocenters. The Morgan fingerprint density at radius 1 is 0.964 bits per heavy atom. The second-order valence-corrected chi connectivity index (χ2v) is 5.79. The van der Waals surface area contributed by atoms with Gasteiger partial charge < -0.3 is 30.0 Å². The van der Waals surface area contributed by atoms with Crippen molar-refractivity contribution in [2.75, 3.05) is 34.9 Å². The molecule has 0 aliphatic carbocycles. The van der Waals surface area contributed by atoms with Crippen molar-refractivity contribution in [1.82, 2.24) is 10.6 Å².